The van der Waals surface area contributed by atoms with E-state index in [1.165, 1.54) is 15.5 Å². The number of hydrogen-bond acceptors (Lipinski definition) is 4. The van der Waals surface area contributed by atoms with E-state index in [2.05, 4.69) is 41.5 Å². The topological polar surface area (TPSA) is 59.4 Å². The van der Waals surface area contributed by atoms with Crippen molar-refractivity contribution in [3.05, 3.63) is 119 Å². The van der Waals surface area contributed by atoms with Crippen LogP contribution in [0.4, 0.5) is 0 Å². The van der Waals surface area contributed by atoms with Crippen LogP contribution in [0.2, 0.25) is 0 Å². The standard InChI is InChI=1S/C26H21N3O2S/c30-25-15-21(18-31-17-19-7-3-1-4-8-19)28-26-24(16-27-29(25)26)20-11-13-23(14-12-20)32-22-9-5-2-6-10-22/h1-16,27H,17-18H2. The average Bonchev–Trinajstić information content (AvgIpc) is 3.26. The molecule has 0 saturated carbocycles. The highest BCUT2D eigenvalue weighted by molar-refractivity contribution is 7.99. The second-order valence-electron chi connectivity index (χ2n) is 7.35. The lowest BCUT2D eigenvalue weighted by Crippen LogP contribution is -2.16. The molecule has 0 saturated heterocycles. The Morgan fingerprint density at radius 2 is 1.53 bits per heavy atom. The summed E-state index contributed by atoms with van der Waals surface area (Å²) in [6, 6.07) is 30.0. The van der Waals surface area contributed by atoms with Gasteiger partial charge in [-0.2, -0.15) is 0 Å². The molecule has 0 aliphatic heterocycles. The molecule has 158 valence electrons. The van der Waals surface area contributed by atoms with Gasteiger partial charge in [-0.15, -0.1) is 0 Å². The smallest absolute Gasteiger partial charge is 0.272 e. The van der Waals surface area contributed by atoms with Crippen LogP contribution in [0.1, 0.15) is 11.3 Å². The van der Waals surface area contributed by atoms with Crippen LogP contribution in [-0.2, 0) is 18.0 Å². The normalized spacial score (nSPS) is 11.1. The van der Waals surface area contributed by atoms with Gasteiger partial charge < -0.3 is 4.74 Å². The lowest BCUT2D eigenvalue weighted by Gasteiger charge is -2.06. The first kappa shape index (κ1) is 20.3. The van der Waals surface area contributed by atoms with Gasteiger partial charge in [0.2, 0.25) is 0 Å². The minimum absolute atomic E-state index is 0.157. The molecule has 0 spiro atoms. The number of benzene rings is 3. The molecule has 2 heterocycles. The van der Waals surface area contributed by atoms with Gasteiger partial charge in [-0.3, -0.25) is 9.89 Å². The summed E-state index contributed by atoms with van der Waals surface area (Å²) in [4.78, 5) is 19.6. The summed E-state index contributed by atoms with van der Waals surface area (Å²) in [5.41, 5.74) is 4.01. The van der Waals surface area contributed by atoms with Crippen molar-refractivity contribution < 1.29 is 4.74 Å². The van der Waals surface area contributed by atoms with E-state index in [0.717, 1.165) is 21.6 Å². The molecule has 32 heavy (non-hydrogen) atoms. The number of rotatable bonds is 7. The molecular formula is C26H21N3O2S. The maximum atomic E-state index is 12.6. The molecule has 5 aromatic rings. The van der Waals surface area contributed by atoms with Gasteiger partial charge in [0.05, 0.1) is 18.9 Å². The summed E-state index contributed by atoms with van der Waals surface area (Å²) < 4.78 is 7.24. The Bertz CT molecular complexity index is 1380. The number of H-pyrrole nitrogens is 1. The highest BCUT2D eigenvalue weighted by Crippen LogP contribution is 2.30. The third-order valence-corrected chi connectivity index (χ3v) is 6.07. The van der Waals surface area contributed by atoms with E-state index in [1.807, 2.05) is 54.7 Å². The Labute approximate surface area is 189 Å². The Hall–Kier alpha value is -3.61. The summed E-state index contributed by atoms with van der Waals surface area (Å²) >= 11 is 1.71. The summed E-state index contributed by atoms with van der Waals surface area (Å²) in [5, 5.41) is 3.01. The Morgan fingerprint density at radius 1 is 0.844 bits per heavy atom. The van der Waals surface area contributed by atoms with Gasteiger partial charge in [0, 0.05) is 27.6 Å². The quantitative estimate of drug-likeness (QED) is 0.361. The minimum atomic E-state index is -0.157. The van der Waals surface area contributed by atoms with Gasteiger partial charge in [-0.25, -0.2) is 9.50 Å². The highest BCUT2D eigenvalue weighted by atomic mass is 32.2. The minimum Gasteiger partial charge on any atom is -0.370 e. The van der Waals surface area contributed by atoms with Crippen molar-refractivity contribution >= 4 is 17.4 Å². The van der Waals surface area contributed by atoms with Crippen LogP contribution in [-0.4, -0.2) is 14.6 Å². The van der Waals surface area contributed by atoms with E-state index in [1.54, 1.807) is 11.8 Å². The molecule has 3 aromatic carbocycles. The molecule has 0 atom stereocenters. The second kappa shape index (κ2) is 9.26. The SMILES string of the molecule is O=c1cc(COCc2ccccc2)nc2c(-c3ccc(Sc4ccccc4)cc3)c[nH]n12. The van der Waals surface area contributed by atoms with Crippen molar-refractivity contribution in [1.82, 2.24) is 14.6 Å². The van der Waals surface area contributed by atoms with E-state index in [0.29, 0.717) is 17.9 Å². The van der Waals surface area contributed by atoms with Crippen LogP contribution >= 0.6 is 11.8 Å². The number of nitrogens with one attached hydrogen (secondary N) is 1. The number of aromatic nitrogens is 3. The second-order valence-corrected chi connectivity index (χ2v) is 8.50. The Balaban J connectivity index is 1.36. The van der Waals surface area contributed by atoms with E-state index in [4.69, 9.17) is 9.72 Å². The van der Waals surface area contributed by atoms with Gasteiger partial charge in [0.15, 0.2) is 5.65 Å². The van der Waals surface area contributed by atoms with Crippen LogP contribution in [0.15, 0.2) is 112 Å². The molecule has 0 amide bonds. The third kappa shape index (κ3) is 4.51. The fourth-order valence-corrected chi connectivity index (χ4v) is 4.33. The molecular weight excluding hydrogens is 418 g/mol. The molecule has 5 nitrogen and oxygen atoms in total. The zero-order valence-corrected chi connectivity index (χ0v) is 18.1. The zero-order valence-electron chi connectivity index (χ0n) is 17.3. The van der Waals surface area contributed by atoms with Crippen molar-refractivity contribution in [1.29, 1.82) is 0 Å². The van der Waals surface area contributed by atoms with Gasteiger partial charge in [-0.1, -0.05) is 72.4 Å². The van der Waals surface area contributed by atoms with Gasteiger partial charge in [0.1, 0.15) is 0 Å². The van der Waals surface area contributed by atoms with Crippen molar-refractivity contribution in [2.24, 2.45) is 0 Å². The van der Waals surface area contributed by atoms with Crippen LogP contribution in [0.5, 0.6) is 0 Å². The van der Waals surface area contributed by atoms with Crippen LogP contribution in [0, 0.1) is 0 Å². The van der Waals surface area contributed by atoms with Crippen LogP contribution in [0.3, 0.4) is 0 Å². The number of fused-ring (bicyclic) bond motifs is 1. The number of hydrogen-bond donors (Lipinski definition) is 1. The zero-order chi connectivity index (χ0) is 21.8. The van der Waals surface area contributed by atoms with Crippen LogP contribution in [0.25, 0.3) is 16.8 Å². The lowest BCUT2D eigenvalue weighted by molar-refractivity contribution is 0.104. The molecule has 6 heteroatoms. The lowest BCUT2D eigenvalue weighted by atomic mass is 10.1. The van der Waals surface area contributed by atoms with Gasteiger partial charge >= 0.3 is 0 Å². The molecule has 0 radical (unpaired) electrons. The number of ether oxygens (including phenoxy) is 1. The van der Waals surface area contributed by atoms with E-state index >= 15 is 0 Å². The molecule has 1 N–H and O–H groups in total. The van der Waals surface area contributed by atoms with E-state index in [-0.39, 0.29) is 12.2 Å². The monoisotopic (exact) mass is 439 g/mol. The Morgan fingerprint density at radius 3 is 2.28 bits per heavy atom. The first-order valence-electron chi connectivity index (χ1n) is 10.3. The molecule has 0 aliphatic carbocycles. The first-order chi connectivity index (χ1) is 15.8. The number of aromatic amines is 1. The van der Waals surface area contributed by atoms with Gasteiger partial charge in [0.25, 0.3) is 5.56 Å². The average molecular weight is 440 g/mol. The van der Waals surface area contributed by atoms with E-state index < -0.39 is 0 Å². The van der Waals surface area contributed by atoms with Crippen molar-refractivity contribution in [2.75, 3.05) is 0 Å². The number of nitrogens with zero attached hydrogens (tertiary/aromatic N) is 2. The molecule has 2 aromatic heterocycles. The van der Waals surface area contributed by atoms with Crippen molar-refractivity contribution in [3.63, 3.8) is 0 Å². The first-order valence-corrected chi connectivity index (χ1v) is 11.1. The third-order valence-electron chi connectivity index (χ3n) is 5.06. The highest BCUT2D eigenvalue weighted by Gasteiger charge is 2.11. The fraction of sp³-hybridized carbons (Fsp3) is 0.0769. The largest absolute Gasteiger partial charge is 0.370 e. The fourth-order valence-electron chi connectivity index (χ4n) is 3.49. The summed E-state index contributed by atoms with van der Waals surface area (Å²) in [6.45, 7) is 0.750. The molecule has 0 unspecified atom stereocenters. The summed E-state index contributed by atoms with van der Waals surface area (Å²) in [7, 11) is 0. The molecule has 5 rings (SSSR count). The maximum absolute atomic E-state index is 12.6. The van der Waals surface area contributed by atoms with Gasteiger partial charge in [-0.05, 0) is 35.4 Å². The van der Waals surface area contributed by atoms with Crippen molar-refractivity contribution in [3.8, 4) is 11.1 Å². The Kier molecular flexibility index (Phi) is 5.87. The molecule has 0 bridgehead atoms. The maximum Gasteiger partial charge on any atom is 0.272 e. The van der Waals surface area contributed by atoms with E-state index in [9.17, 15) is 4.79 Å². The molecule has 0 aliphatic rings. The summed E-state index contributed by atoms with van der Waals surface area (Å²) in [6.07, 6.45) is 1.82. The van der Waals surface area contributed by atoms with Crippen LogP contribution < -0.4 is 5.56 Å². The predicted octanol–water partition coefficient (Wildman–Crippen LogP) is 5.56. The molecule has 0 fully saturated rings. The summed E-state index contributed by atoms with van der Waals surface area (Å²) in [5.74, 6) is 0. The predicted molar refractivity (Wildman–Crippen MR) is 127 cm³/mol. The van der Waals surface area contributed by atoms with Crippen molar-refractivity contribution in [2.45, 2.75) is 23.0 Å².